The second-order valence-corrected chi connectivity index (χ2v) is 6.52. The normalized spacial score (nSPS) is 18.4. The molecule has 5 heteroatoms. The predicted molar refractivity (Wildman–Crippen MR) is 70.7 cm³/mol. The number of rotatable bonds is 4. The zero-order valence-electron chi connectivity index (χ0n) is 10.3. The summed E-state index contributed by atoms with van der Waals surface area (Å²) in [5.74, 6) is 0.0409. The van der Waals surface area contributed by atoms with Crippen LogP contribution in [0, 0.1) is 11.3 Å². The standard InChI is InChI=1S/C13H16N2O2S/c1-11-10-12-6-2-3-7-13(12)15(11)18(16,17)9-5-4-8-14/h2-3,6-7,11H,4-5,9-10H2,1H3. The van der Waals surface area contributed by atoms with Crippen molar-refractivity contribution in [2.75, 3.05) is 10.1 Å². The van der Waals surface area contributed by atoms with Gasteiger partial charge < -0.3 is 0 Å². The van der Waals surface area contributed by atoms with Crippen LogP contribution in [-0.2, 0) is 16.4 Å². The summed E-state index contributed by atoms with van der Waals surface area (Å²) in [4.78, 5) is 0. The van der Waals surface area contributed by atoms with Crippen molar-refractivity contribution in [3.05, 3.63) is 29.8 Å². The van der Waals surface area contributed by atoms with E-state index < -0.39 is 10.0 Å². The number of hydrogen-bond acceptors (Lipinski definition) is 3. The molecule has 0 aromatic heterocycles. The largest absolute Gasteiger partial charge is 0.267 e. The Morgan fingerprint density at radius 1 is 1.44 bits per heavy atom. The number of sulfonamides is 1. The highest BCUT2D eigenvalue weighted by Gasteiger charge is 2.34. The van der Waals surface area contributed by atoms with Crippen LogP contribution in [0.15, 0.2) is 24.3 Å². The topological polar surface area (TPSA) is 61.2 Å². The molecule has 0 aliphatic carbocycles. The molecule has 1 atom stereocenters. The Hall–Kier alpha value is -1.54. The van der Waals surface area contributed by atoms with Crippen molar-refractivity contribution in [2.45, 2.75) is 32.2 Å². The third kappa shape index (κ3) is 2.34. The van der Waals surface area contributed by atoms with E-state index in [9.17, 15) is 8.42 Å². The van der Waals surface area contributed by atoms with Crippen LogP contribution < -0.4 is 4.31 Å². The van der Waals surface area contributed by atoms with Gasteiger partial charge in [0.15, 0.2) is 0 Å². The van der Waals surface area contributed by atoms with Crippen molar-refractivity contribution in [1.82, 2.24) is 0 Å². The van der Waals surface area contributed by atoms with Gasteiger partial charge >= 0.3 is 0 Å². The highest BCUT2D eigenvalue weighted by atomic mass is 32.2. The molecular formula is C13H16N2O2S. The van der Waals surface area contributed by atoms with Crippen LogP contribution in [0.25, 0.3) is 0 Å². The fourth-order valence-corrected chi connectivity index (χ4v) is 4.20. The zero-order chi connectivity index (χ0) is 13.2. The Morgan fingerprint density at radius 3 is 2.89 bits per heavy atom. The van der Waals surface area contributed by atoms with Crippen LogP contribution in [0.2, 0.25) is 0 Å². The molecule has 0 saturated carbocycles. The minimum absolute atomic E-state index is 0.0329. The molecule has 0 bridgehead atoms. The van der Waals surface area contributed by atoms with Crippen LogP contribution in [0.3, 0.4) is 0 Å². The Labute approximate surface area is 108 Å². The number of unbranched alkanes of at least 4 members (excludes halogenated alkanes) is 1. The van der Waals surface area contributed by atoms with Crippen LogP contribution >= 0.6 is 0 Å². The number of para-hydroxylation sites is 1. The van der Waals surface area contributed by atoms with Gasteiger partial charge in [0, 0.05) is 12.5 Å². The smallest absolute Gasteiger partial charge is 0.235 e. The number of nitriles is 1. The lowest BCUT2D eigenvalue weighted by atomic mass is 10.1. The van der Waals surface area contributed by atoms with Crippen LogP contribution in [0.4, 0.5) is 5.69 Å². The molecule has 0 spiro atoms. The van der Waals surface area contributed by atoms with Gasteiger partial charge in [0.1, 0.15) is 0 Å². The van der Waals surface area contributed by atoms with E-state index in [0.717, 1.165) is 17.7 Å². The van der Waals surface area contributed by atoms with Gasteiger partial charge in [-0.2, -0.15) is 5.26 Å². The molecule has 0 amide bonds. The predicted octanol–water partition coefficient (Wildman–Crippen LogP) is 2.07. The van der Waals surface area contributed by atoms with Gasteiger partial charge in [-0.3, -0.25) is 4.31 Å². The molecule has 1 unspecified atom stereocenters. The number of nitrogens with zero attached hydrogens (tertiary/aromatic N) is 2. The van der Waals surface area contributed by atoms with Crippen LogP contribution in [-0.4, -0.2) is 20.2 Å². The average Bonchev–Trinajstić information content (AvgIpc) is 2.65. The first-order chi connectivity index (χ1) is 8.56. The molecule has 0 saturated heterocycles. The summed E-state index contributed by atoms with van der Waals surface area (Å²) in [5.41, 5.74) is 1.87. The molecule has 4 nitrogen and oxygen atoms in total. The minimum atomic E-state index is -3.31. The Morgan fingerprint density at radius 2 is 2.17 bits per heavy atom. The molecule has 1 aliphatic rings. The second-order valence-electron chi connectivity index (χ2n) is 4.56. The van der Waals surface area contributed by atoms with Gasteiger partial charge in [-0.15, -0.1) is 0 Å². The number of benzene rings is 1. The zero-order valence-corrected chi connectivity index (χ0v) is 11.2. The summed E-state index contributed by atoms with van der Waals surface area (Å²) in [6.07, 6.45) is 1.43. The van der Waals surface area contributed by atoms with E-state index in [2.05, 4.69) is 0 Å². The fraction of sp³-hybridized carbons (Fsp3) is 0.462. The molecular weight excluding hydrogens is 248 g/mol. The molecule has 2 rings (SSSR count). The lowest BCUT2D eigenvalue weighted by molar-refractivity contribution is 0.582. The van der Waals surface area contributed by atoms with Crippen molar-refractivity contribution in [2.24, 2.45) is 0 Å². The molecule has 96 valence electrons. The highest BCUT2D eigenvalue weighted by Crippen LogP contribution is 2.34. The number of fused-ring (bicyclic) bond motifs is 1. The van der Waals surface area contributed by atoms with Gasteiger partial charge in [0.25, 0.3) is 0 Å². The fourth-order valence-electron chi connectivity index (χ4n) is 2.39. The second kappa shape index (κ2) is 4.99. The molecule has 1 aromatic rings. The molecule has 1 aromatic carbocycles. The van der Waals surface area contributed by atoms with E-state index in [1.54, 1.807) is 0 Å². The van der Waals surface area contributed by atoms with E-state index in [1.807, 2.05) is 37.3 Å². The first-order valence-electron chi connectivity index (χ1n) is 6.03. The van der Waals surface area contributed by atoms with Crippen molar-refractivity contribution < 1.29 is 8.42 Å². The van der Waals surface area contributed by atoms with Crippen LogP contribution in [0.1, 0.15) is 25.3 Å². The van der Waals surface area contributed by atoms with Crippen LogP contribution in [0.5, 0.6) is 0 Å². The Bertz CT molecular complexity index is 575. The van der Waals surface area contributed by atoms with E-state index in [0.29, 0.717) is 6.42 Å². The lowest BCUT2D eigenvalue weighted by Gasteiger charge is -2.24. The summed E-state index contributed by atoms with van der Waals surface area (Å²) in [5, 5.41) is 8.48. The third-order valence-corrected chi connectivity index (χ3v) is 5.10. The Balaban J connectivity index is 2.26. The lowest BCUT2D eigenvalue weighted by Crippen LogP contribution is -2.37. The quantitative estimate of drug-likeness (QED) is 0.782. The molecule has 18 heavy (non-hydrogen) atoms. The molecule has 1 aliphatic heterocycles. The molecule has 0 radical (unpaired) electrons. The maximum atomic E-state index is 12.3. The maximum Gasteiger partial charge on any atom is 0.235 e. The van der Waals surface area contributed by atoms with Gasteiger partial charge in [-0.25, -0.2) is 8.42 Å². The first-order valence-corrected chi connectivity index (χ1v) is 7.64. The third-order valence-electron chi connectivity index (χ3n) is 3.14. The number of anilines is 1. The molecule has 0 N–H and O–H groups in total. The van der Waals surface area contributed by atoms with Crippen molar-refractivity contribution >= 4 is 15.7 Å². The number of hydrogen-bond donors (Lipinski definition) is 0. The summed E-state index contributed by atoms with van der Waals surface area (Å²) < 4.78 is 26.1. The van der Waals surface area contributed by atoms with E-state index in [4.69, 9.17) is 5.26 Å². The van der Waals surface area contributed by atoms with E-state index in [1.165, 1.54) is 4.31 Å². The average molecular weight is 264 g/mol. The first kappa shape index (κ1) is 12.9. The molecule has 1 heterocycles. The van der Waals surface area contributed by atoms with Crippen molar-refractivity contribution in [3.8, 4) is 6.07 Å². The maximum absolute atomic E-state index is 12.3. The SMILES string of the molecule is CC1Cc2ccccc2N1S(=O)(=O)CCCC#N. The Kier molecular flexibility index (Phi) is 3.58. The summed E-state index contributed by atoms with van der Waals surface area (Å²) in [7, 11) is -3.31. The van der Waals surface area contributed by atoms with Crippen molar-refractivity contribution in [1.29, 1.82) is 5.26 Å². The van der Waals surface area contributed by atoms with Gasteiger partial charge in [0.05, 0.1) is 17.5 Å². The van der Waals surface area contributed by atoms with Crippen molar-refractivity contribution in [3.63, 3.8) is 0 Å². The molecule has 0 fully saturated rings. The summed E-state index contributed by atoms with van der Waals surface area (Å²) >= 11 is 0. The highest BCUT2D eigenvalue weighted by molar-refractivity contribution is 7.92. The van der Waals surface area contributed by atoms with Gasteiger partial charge in [-0.1, -0.05) is 18.2 Å². The minimum Gasteiger partial charge on any atom is -0.267 e. The summed E-state index contributed by atoms with van der Waals surface area (Å²) in [6, 6.07) is 9.55. The van der Waals surface area contributed by atoms with E-state index >= 15 is 0 Å². The van der Waals surface area contributed by atoms with Gasteiger partial charge in [-0.05, 0) is 31.4 Å². The van der Waals surface area contributed by atoms with E-state index in [-0.39, 0.29) is 18.2 Å². The summed E-state index contributed by atoms with van der Waals surface area (Å²) in [6.45, 7) is 1.92. The van der Waals surface area contributed by atoms with Gasteiger partial charge in [0.2, 0.25) is 10.0 Å². The monoisotopic (exact) mass is 264 g/mol.